The van der Waals surface area contributed by atoms with E-state index in [0.29, 0.717) is 24.8 Å². The van der Waals surface area contributed by atoms with Crippen molar-refractivity contribution in [3.05, 3.63) is 82.2 Å². The van der Waals surface area contributed by atoms with E-state index in [2.05, 4.69) is 17.2 Å². The lowest BCUT2D eigenvalue weighted by molar-refractivity contribution is -0.288. The molecule has 4 atom stereocenters. The number of fused-ring (bicyclic) bond motifs is 3. The molecule has 1 unspecified atom stereocenters. The second kappa shape index (κ2) is 9.37. The molecular weight excluding hydrogens is 489 g/mol. The number of amides is 1. The van der Waals surface area contributed by atoms with E-state index in [1.54, 1.807) is 6.07 Å². The van der Waals surface area contributed by atoms with E-state index in [0.717, 1.165) is 34.5 Å². The first-order valence-corrected chi connectivity index (χ1v) is 13.4. The maximum atomic E-state index is 14.0. The number of hydrogen-bond donors (Lipinski definition) is 2. The van der Waals surface area contributed by atoms with E-state index in [-0.39, 0.29) is 31.1 Å². The largest absolute Gasteiger partial charge is 0.417 e. The number of benzene rings is 2. The van der Waals surface area contributed by atoms with Gasteiger partial charge in [0.15, 0.2) is 5.60 Å². The monoisotopic (exact) mass is 524 g/mol. The lowest BCUT2D eigenvalue weighted by Crippen LogP contribution is -2.61. The van der Waals surface area contributed by atoms with Gasteiger partial charge in [-0.2, -0.15) is 13.2 Å². The van der Waals surface area contributed by atoms with Gasteiger partial charge in [0.1, 0.15) is 0 Å². The smallest absolute Gasteiger partial charge is 0.380 e. The third-order valence-corrected chi connectivity index (χ3v) is 9.38. The van der Waals surface area contributed by atoms with Gasteiger partial charge in [0.05, 0.1) is 5.70 Å². The van der Waals surface area contributed by atoms with Crippen molar-refractivity contribution < 1.29 is 23.1 Å². The zero-order valence-corrected chi connectivity index (χ0v) is 22.2. The SMILES string of the molecule is CC1=C(NC(=O)c2ccc3c(c2)CC[C@]2(C)C[C@@](O)(C(F)(F)F)CC[C@@]32Cc2ccccc2)C(C)CC=N1. The standard InChI is InChI=1S/C31H35F3N2O2/c1-20-12-16-35-21(2)26(20)36-27(37)24-9-10-25-23(17-24)11-13-28(3)19-30(38,31(32,33)34)15-14-29(25,28)18-22-7-5-4-6-8-22/h4-10,16-17,20,38H,11-15,18-19H2,1-3H3,(H,36,37)/t20?,28-,29-,30-/m1/s1. The summed E-state index contributed by atoms with van der Waals surface area (Å²) in [5.74, 6) is -0.0369. The Hall–Kier alpha value is -2.93. The molecule has 0 bridgehead atoms. The van der Waals surface area contributed by atoms with E-state index in [1.807, 2.05) is 62.5 Å². The number of nitrogens with zero attached hydrogens (tertiary/aromatic N) is 1. The average molecular weight is 525 g/mol. The van der Waals surface area contributed by atoms with Crippen LogP contribution >= 0.6 is 0 Å². The summed E-state index contributed by atoms with van der Waals surface area (Å²) in [5, 5.41) is 13.8. The van der Waals surface area contributed by atoms with Crippen LogP contribution in [0.1, 0.15) is 79.9 Å². The van der Waals surface area contributed by atoms with Crippen LogP contribution in [0.3, 0.4) is 0 Å². The molecule has 1 amide bonds. The molecule has 2 aromatic carbocycles. The van der Waals surface area contributed by atoms with Crippen LogP contribution in [0.5, 0.6) is 0 Å². The summed E-state index contributed by atoms with van der Waals surface area (Å²) in [4.78, 5) is 17.6. The van der Waals surface area contributed by atoms with Crippen LogP contribution in [0.2, 0.25) is 0 Å². The van der Waals surface area contributed by atoms with Crippen LogP contribution in [0, 0.1) is 11.3 Å². The number of hydrogen-bond acceptors (Lipinski definition) is 3. The summed E-state index contributed by atoms with van der Waals surface area (Å²) in [7, 11) is 0. The topological polar surface area (TPSA) is 61.7 Å². The fourth-order valence-corrected chi connectivity index (χ4v) is 7.11. The minimum Gasteiger partial charge on any atom is -0.380 e. The lowest BCUT2D eigenvalue weighted by Gasteiger charge is -2.60. The predicted molar refractivity (Wildman–Crippen MR) is 142 cm³/mol. The van der Waals surface area contributed by atoms with Gasteiger partial charge in [-0.25, -0.2) is 0 Å². The molecule has 4 nitrogen and oxygen atoms in total. The number of rotatable bonds is 4. The highest BCUT2D eigenvalue weighted by molar-refractivity contribution is 5.96. The molecule has 2 aliphatic carbocycles. The highest BCUT2D eigenvalue weighted by Crippen LogP contribution is 2.63. The summed E-state index contributed by atoms with van der Waals surface area (Å²) in [6.07, 6.45) is -0.858. The molecule has 1 saturated carbocycles. The Labute approximate surface area is 222 Å². The van der Waals surface area contributed by atoms with Gasteiger partial charge in [0.2, 0.25) is 0 Å². The molecule has 1 fully saturated rings. The molecule has 0 spiro atoms. The number of aryl methyl sites for hydroxylation is 1. The zero-order chi connectivity index (χ0) is 27.3. The average Bonchev–Trinajstić information content (AvgIpc) is 2.86. The molecule has 5 rings (SSSR count). The normalized spacial score (nSPS) is 31.0. The van der Waals surface area contributed by atoms with Crippen LogP contribution in [0.25, 0.3) is 0 Å². The molecule has 2 aromatic rings. The second-order valence-electron chi connectivity index (χ2n) is 11.8. The van der Waals surface area contributed by atoms with Gasteiger partial charge in [-0.15, -0.1) is 0 Å². The number of halogens is 3. The minimum atomic E-state index is -4.68. The lowest BCUT2D eigenvalue weighted by atomic mass is 9.45. The molecule has 2 N–H and O–H groups in total. The first kappa shape index (κ1) is 26.7. The van der Waals surface area contributed by atoms with Crippen LogP contribution in [0.15, 0.2) is 64.9 Å². The fraction of sp³-hybridized carbons (Fsp3) is 0.484. The van der Waals surface area contributed by atoms with E-state index >= 15 is 0 Å². The third-order valence-electron chi connectivity index (χ3n) is 9.38. The van der Waals surface area contributed by atoms with Gasteiger partial charge >= 0.3 is 6.18 Å². The molecule has 7 heteroatoms. The quantitative estimate of drug-likeness (QED) is 0.469. The zero-order valence-electron chi connectivity index (χ0n) is 22.2. The van der Waals surface area contributed by atoms with Gasteiger partial charge < -0.3 is 10.4 Å². The van der Waals surface area contributed by atoms with Gasteiger partial charge in [0.25, 0.3) is 5.91 Å². The van der Waals surface area contributed by atoms with Crippen molar-refractivity contribution >= 4 is 12.1 Å². The molecule has 38 heavy (non-hydrogen) atoms. The summed E-state index contributed by atoms with van der Waals surface area (Å²) in [5.41, 5.74) is 1.18. The number of aliphatic imine (C=N–C) groups is 1. The van der Waals surface area contributed by atoms with Crippen molar-refractivity contribution in [1.82, 2.24) is 5.32 Å². The van der Waals surface area contributed by atoms with Gasteiger partial charge in [-0.1, -0.05) is 50.2 Å². The van der Waals surface area contributed by atoms with Crippen LogP contribution < -0.4 is 5.32 Å². The number of nitrogens with one attached hydrogen (secondary N) is 1. The van der Waals surface area contributed by atoms with Gasteiger partial charge in [-0.05, 0) is 86.1 Å². The van der Waals surface area contributed by atoms with Gasteiger partial charge in [0, 0.05) is 28.8 Å². The first-order chi connectivity index (χ1) is 17.9. The number of allylic oxidation sites excluding steroid dienone is 2. The Morgan fingerprint density at radius 2 is 1.87 bits per heavy atom. The van der Waals surface area contributed by atoms with Crippen molar-refractivity contribution in [3.63, 3.8) is 0 Å². The number of aliphatic hydroxyl groups is 1. The molecule has 1 aliphatic heterocycles. The number of carbonyl (C=O) groups is 1. The third kappa shape index (κ3) is 4.39. The molecule has 1 heterocycles. The molecule has 3 aliphatic rings. The van der Waals surface area contributed by atoms with Crippen LogP contribution in [-0.2, 0) is 18.3 Å². The Balaban J connectivity index is 1.54. The summed E-state index contributed by atoms with van der Waals surface area (Å²) >= 11 is 0. The Kier molecular flexibility index (Phi) is 6.57. The van der Waals surface area contributed by atoms with Crippen LogP contribution in [-0.4, -0.2) is 29.0 Å². The van der Waals surface area contributed by atoms with E-state index in [1.165, 1.54) is 0 Å². The molecule has 0 radical (unpaired) electrons. The Morgan fingerprint density at radius 3 is 2.55 bits per heavy atom. The Morgan fingerprint density at radius 1 is 1.13 bits per heavy atom. The maximum Gasteiger partial charge on any atom is 0.417 e. The van der Waals surface area contributed by atoms with Crippen molar-refractivity contribution in [1.29, 1.82) is 0 Å². The van der Waals surface area contributed by atoms with E-state index in [9.17, 15) is 23.1 Å². The first-order valence-electron chi connectivity index (χ1n) is 13.4. The van der Waals surface area contributed by atoms with Gasteiger partial charge in [-0.3, -0.25) is 9.79 Å². The van der Waals surface area contributed by atoms with Crippen molar-refractivity contribution in [2.75, 3.05) is 0 Å². The molecule has 202 valence electrons. The van der Waals surface area contributed by atoms with Crippen molar-refractivity contribution in [3.8, 4) is 0 Å². The second-order valence-corrected chi connectivity index (χ2v) is 11.8. The molecular formula is C31H35F3N2O2. The number of alkyl halides is 3. The maximum absolute atomic E-state index is 14.0. The minimum absolute atomic E-state index is 0.165. The summed E-state index contributed by atoms with van der Waals surface area (Å²) < 4.78 is 42.0. The predicted octanol–water partition coefficient (Wildman–Crippen LogP) is 6.67. The number of carbonyl (C=O) groups excluding carboxylic acids is 1. The molecule has 0 saturated heterocycles. The Bertz CT molecular complexity index is 1300. The summed E-state index contributed by atoms with van der Waals surface area (Å²) in [6.45, 7) is 5.85. The highest BCUT2D eigenvalue weighted by atomic mass is 19.4. The summed E-state index contributed by atoms with van der Waals surface area (Å²) in [6, 6.07) is 15.5. The van der Waals surface area contributed by atoms with E-state index in [4.69, 9.17) is 0 Å². The van der Waals surface area contributed by atoms with Crippen molar-refractivity contribution in [2.24, 2.45) is 16.3 Å². The van der Waals surface area contributed by atoms with E-state index < -0.39 is 22.6 Å². The molecule has 0 aromatic heterocycles. The highest BCUT2D eigenvalue weighted by Gasteiger charge is 2.65. The van der Waals surface area contributed by atoms with Crippen molar-refractivity contribution in [2.45, 2.75) is 82.9 Å². The van der Waals surface area contributed by atoms with Crippen LogP contribution in [0.4, 0.5) is 13.2 Å². The fourth-order valence-electron chi connectivity index (χ4n) is 7.11.